The Morgan fingerprint density at radius 3 is 2.50 bits per heavy atom. The monoisotopic (exact) mass is 387 g/mol. The van der Waals surface area contributed by atoms with Crippen molar-refractivity contribution in [2.45, 2.75) is 44.4 Å². The Kier molecular flexibility index (Phi) is 7.34. The Morgan fingerprint density at radius 2 is 1.90 bits per heavy atom. The fourth-order valence-electron chi connectivity index (χ4n) is 2.93. The third-order valence-corrected chi connectivity index (χ3v) is 4.06. The van der Waals surface area contributed by atoms with Gasteiger partial charge in [0.05, 0.1) is 6.54 Å². The highest BCUT2D eigenvalue weighted by Crippen LogP contribution is 2.41. The van der Waals surface area contributed by atoms with Crippen LogP contribution in [0.5, 0.6) is 0 Å². The van der Waals surface area contributed by atoms with Gasteiger partial charge in [-0.2, -0.15) is 0 Å². The lowest BCUT2D eigenvalue weighted by Crippen LogP contribution is -2.35. The topological polar surface area (TPSA) is 50.4 Å². The van der Waals surface area contributed by atoms with Crippen molar-refractivity contribution >= 4 is 29.9 Å². The lowest BCUT2D eigenvalue weighted by molar-refractivity contribution is 0.453. The molecule has 2 rings (SSSR count). The van der Waals surface area contributed by atoms with Crippen molar-refractivity contribution in [3.05, 3.63) is 35.9 Å². The van der Waals surface area contributed by atoms with Gasteiger partial charge in [0.15, 0.2) is 5.96 Å². The molecule has 20 heavy (non-hydrogen) atoms. The summed E-state index contributed by atoms with van der Waals surface area (Å²) in [5, 5.41) is 3.15. The molecule has 0 amide bonds. The van der Waals surface area contributed by atoms with E-state index >= 15 is 0 Å². The Morgan fingerprint density at radius 1 is 1.25 bits per heavy atom. The summed E-state index contributed by atoms with van der Waals surface area (Å²) in [5.74, 6) is 0.587. The zero-order chi connectivity index (χ0) is 13.6. The predicted molar refractivity (Wildman–Crippen MR) is 96.8 cm³/mol. The molecule has 0 bridgehead atoms. The summed E-state index contributed by atoms with van der Waals surface area (Å²) in [5.41, 5.74) is 7.54. The van der Waals surface area contributed by atoms with Gasteiger partial charge in [0.2, 0.25) is 0 Å². The molecular formula is C16H26IN3. The van der Waals surface area contributed by atoms with Crippen LogP contribution in [-0.4, -0.2) is 19.0 Å². The minimum Gasteiger partial charge on any atom is -0.370 e. The van der Waals surface area contributed by atoms with Crippen LogP contribution in [-0.2, 0) is 5.41 Å². The largest absolute Gasteiger partial charge is 0.370 e. The summed E-state index contributed by atoms with van der Waals surface area (Å²) in [6.07, 6.45) is 6.11. The first-order valence-electron chi connectivity index (χ1n) is 7.36. The van der Waals surface area contributed by atoms with Crippen LogP contribution in [0, 0.1) is 0 Å². The molecule has 1 aliphatic carbocycles. The quantitative estimate of drug-likeness (QED) is 0.462. The summed E-state index contributed by atoms with van der Waals surface area (Å²) in [6.45, 7) is 3.83. The van der Waals surface area contributed by atoms with Crippen LogP contribution in [0.25, 0.3) is 0 Å². The Balaban J connectivity index is 0.00000200. The predicted octanol–water partition coefficient (Wildman–Crippen LogP) is 3.43. The number of benzene rings is 1. The minimum atomic E-state index is 0. The normalized spacial score (nSPS) is 17.6. The fraction of sp³-hybridized carbons (Fsp3) is 0.562. The standard InChI is InChI=1S/C16H25N3.HI/c1-2-12-18-15(17)19-13-16(10-6-7-11-16)14-8-4-3-5-9-14;/h3-5,8-9H,2,6-7,10-13H2,1H3,(H3,17,18,19);1H. The van der Waals surface area contributed by atoms with E-state index in [0.717, 1.165) is 19.5 Å². The molecular weight excluding hydrogens is 361 g/mol. The van der Waals surface area contributed by atoms with Gasteiger partial charge in [-0.05, 0) is 24.8 Å². The second-order valence-corrected chi connectivity index (χ2v) is 5.48. The Labute approximate surface area is 139 Å². The van der Waals surface area contributed by atoms with Gasteiger partial charge in [-0.1, -0.05) is 50.1 Å². The van der Waals surface area contributed by atoms with Gasteiger partial charge in [0, 0.05) is 12.0 Å². The van der Waals surface area contributed by atoms with E-state index in [0.29, 0.717) is 5.96 Å². The Bertz CT molecular complexity index is 411. The smallest absolute Gasteiger partial charge is 0.188 e. The average Bonchev–Trinajstić information content (AvgIpc) is 2.94. The molecule has 1 saturated carbocycles. The lowest BCUT2D eigenvalue weighted by Gasteiger charge is -2.28. The van der Waals surface area contributed by atoms with E-state index < -0.39 is 0 Å². The number of halogens is 1. The van der Waals surface area contributed by atoms with E-state index in [2.05, 4.69) is 47.6 Å². The van der Waals surface area contributed by atoms with Gasteiger partial charge in [0.25, 0.3) is 0 Å². The first-order valence-corrected chi connectivity index (χ1v) is 7.36. The number of aliphatic imine (C=N–C) groups is 1. The summed E-state index contributed by atoms with van der Waals surface area (Å²) in [4.78, 5) is 4.58. The van der Waals surface area contributed by atoms with Crippen molar-refractivity contribution in [3.63, 3.8) is 0 Å². The molecule has 1 aromatic carbocycles. The summed E-state index contributed by atoms with van der Waals surface area (Å²) in [6, 6.07) is 10.8. The highest BCUT2D eigenvalue weighted by molar-refractivity contribution is 14.0. The molecule has 0 heterocycles. The highest BCUT2D eigenvalue weighted by atomic mass is 127. The Hall–Kier alpha value is -0.780. The maximum atomic E-state index is 5.91. The van der Waals surface area contributed by atoms with Gasteiger partial charge in [-0.25, -0.2) is 0 Å². The van der Waals surface area contributed by atoms with E-state index in [-0.39, 0.29) is 29.4 Å². The number of hydrogen-bond acceptors (Lipinski definition) is 1. The van der Waals surface area contributed by atoms with E-state index in [1.165, 1.54) is 31.2 Å². The third-order valence-electron chi connectivity index (χ3n) is 4.06. The molecule has 112 valence electrons. The second-order valence-electron chi connectivity index (χ2n) is 5.48. The number of rotatable bonds is 5. The molecule has 4 heteroatoms. The van der Waals surface area contributed by atoms with Crippen molar-refractivity contribution in [1.82, 2.24) is 5.32 Å². The summed E-state index contributed by atoms with van der Waals surface area (Å²) < 4.78 is 0. The van der Waals surface area contributed by atoms with Crippen molar-refractivity contribution in [1.29, 1.82) is 0 Å². The number of nitrogens with zero attached hydrogens (tertiary/aromatic N) is 1. The van der Waals surface area contributed by atoms with Crippen LogP contribution in [0.4, 0.5) is 0 Å². The summed E-state index contributed by atoms with van der Waals surface area (Å²) in [7, 11) is 0. The van der Waals surface area contributed by atoms with E-state index in [1.807, 2.05) is 0 Å². The number of hydrogen-bond donors (Lipinski definition) is 2. The molecule has 0 unspecified atom stereocenters. The molecule has 3 nitrogen and oxygen atoms in total. The zero-order valence-corrected chi connectivity index (χ0v) is 14.6. The number of guanidine groups is 1. The molecule has 0 aliphatic heterocycles. The molecule has 1 aliphatic rings. The third kappa shape index (κ3) is 4.36. The van der Waals surface area contributed by atoms with E-state index in [4.69, 9.17) is 5.73 Å². The van der Waals surface area contributed by atoms with Crippen LogP contribution in [0.1, 0.15) is 44.6 Å². The second kappa shape index (κ2) is 8.49. The summed E-state index contributed by atoms with van der Waals surface area (Å²) >= 11 is 0. The lowest BCUT2D eigenvalue weighted by atomic mass is 9.79. The first-order chi connectivity index (χ1) is 9.27. The minimum absolute atomic E-state index is 0. The first kappa shape index (κ1) is 17.3. The maximum absolute atomic E-state index is 5.91. The van der Waals surface area contributed by atoms with Gasteiger partial charge in [-0.15, -0.1) is 24.0 Å². The van der Waals surface area contributed by atoms with Crippen LogP contribution >= 0.6 is 24.0 Å². The van der Waals surface area contributed by atoms with Gasteiger partial charge >= 0.3 is 0 Å². The van der Waals surface area contributed by atoms with Crippen LogP contribution < -0.4 is 11.1 Å². The molecule has 0 atom stereocenters. The zero-order valence-electron chi connectivity index (χ0n) is 12.3. The molecule has 1 aromatic rings. The fourth-order valence-corrected chi connectivity index (χ4v) is 2.93. The number of nitrogens with one attached hydrogen (secondary N) is 1. The molecule has 1 fully saturated rings. The number of nitrogens with two attached hydrogens (primary N) is 1. The SMILES string of the molecule is CCCNC(N)=NCC1(c2ccccc2)CCCC1.I. The van der Waals surface area contributed by atoms with E-state index in [1.54, 1.807) is 0 Å². The van der Waals surface area contributed by atoms with Crippen LogP contribution in [0.3, 0.4) is 0 Å². The van der Waals surface area contributed by atoms with Crippen molar-refractivity contribution < 1.29 is 0 Å². The van der Waals surface area contributed by atoms with Gasteiger partial charge in [0.1, 0.15) is 0 Å². The van der Waals surface area contributed by atoms with E-state index in [9.17, 15) is 0 Å². The molecule has 3 N–H and O–H groups in total. The van der Waals surface area contributed by atoms with Crippen molar-refractivity contribution in [2.75, 3.05) is 13.1 Å². The highest BCUT2D eigenvalue weighted by Gasteiger charge is 2.35. The average molecular weight is 387 g/mol. The van der Waals surface area contributed by atoms with Crippen LogP contribution in [0.15, 0.2) is 35.3 Å². The molecule has 0 spiro atoms. The maximum Gasteiger partial charge on any atom is 0.188 e. The molecule has 0 aromatic heterocycles. The van der Waals surface area contributed by atoms with Crippen molar-refractivity contribution in [3.8, 4) is 0 Å². The van der Waals surface area contributed by atoms with Crippen LogP contribution in [0.2, 0.25) is 0 Å². The van der Waals surface area contributed by atoms with Crippen molar-refractivity contribution in [2.24, 2.45) is 10.7 Å². The molecule has 0 saturated heterocycles. The van der Waals surface area contributed by atoms with Gasteiger partial charge < -0.3 is 11.1 Å². The van der Waals surface area contributed by atoms with Gasteiger partial charge in [-0.3, -0.25) is 4.99 Å². The molecule has 0 radical (unpaired) electrons.